The molecule has 4 nitrogen and oxygen atoms in total. The van der Waals surface area contributed by atoms with Crippen LogP contribution in [0.5, 0.6) is 0 Å². The first-order valence-electron chi connectivity index (χ1n) is 13.9. The topological polar surface area (TPSA) is 52.6 Å². The number of carbonyl (C=O) groups is 2. The van der Waals surface area contributed by atoms with Gasteiger partial charge in [0.2, 0.25) is 0 Å². The van der Waals surface area contributed by atoms with E-state index < -0.39 is 0 Å². The summed E-state index contributed by atoms with van der Waals surface area (Å²) in [6.07, 6.45) is 19.1. The molecule has 0 aliphatic carbocycles. The SMILES string of the molecule is CCCCC(CCCC)CCOC(=O)CCCCC(=O)OCCC(CCCC)CCCC. The first-order valence-corrected chi connectivity index (χ1v) is 13.9. The van der Waals surface area contributed by atoms with E-state index >= 15 is 0 Å². The minimum atomic E-state index is -0.127. The molecule has 0 unspecified atom stereocenters. The van der Waals surface area contributed by atoms with Gasteiger partial charge in [-0.25, -0.2) is 0 Å². The van der Waals surface area contributed by atoms with Crippen molar-refractivity contribution in [3.63, 3.8) is 0 Å². The maximum atomic E-state index is 12.0. The number of carbonyl (C=O) groups excluding carboxylic acids is 2. The third kappa shape index (κ3) is 19.6. The van der Waals surface area contributed by atoms with Crippen LogP contribution >= 0.6 is 0 Å². The van der Waals surface area contributed by atoms with Crippen LogP contribution in [0.1, 0.15) is 143 Å². The largest absolute Gasteiger partial charge is 0.466 e. The molecule has 0 radical (unpaired) electrons. The van der Waals surface area contributed by atoms with Crippen LogP contribution in [-0.2, 0) is 19.1 Å². The molecule has 0 aliphatic heterocycles. The van der Waals surface area contributed by atoms with Gasteiger partial charge >= 0.3 is 11.9 Å². The van der Waals surface area contributed by atoms with Crippen molar-refractivity contribution in [1.82, 2.24) is 0 Å². The van der Waals surface area contributed by atoms with E-state index in [2.05, 4.69) is 27.7 Å². The number of unbranched alkanes of at least 4 members (excludes halogenated alkanes) is 5. The average molecular weight is 455 g/mol. The fraction of sp³-hybridized carbons (Fsp3) is 0.929. The third-order valence-electron chi connectivity index (χ3n) is 6.45. The van der Waals surface area contributed by atoms with Crippen molar-refractivity contribution >= 4 is 11.9 Å². The lowest BCUT2D eigenvalue weighted by Gasteiger charge is -2.16. The third-order valence-corrected chi connectivity index (χ3v) is 6.45. The number of hydrogen-bond donors (Lipinski definition) is 0. The van der Waals surface area contributed by atoms with Crippen LogP contribution in [0.25, 0.3) is 0 Å². The van der Waals surface area contributed by atoms with Crippen molar-refractivity contribution in [2.75, 3.05) is 13.2 Å². The van der Waals surface area contributed by atoms with E-state index in [1.165, 1.54) is 77.0 Å². The zero-order valence-electron chi connectivity index (χ0n) is 21.9. The van der Waals surface area contributed by atoms with E-state index in [9.17, 15) is 9.59 Å². The van der Waals surface area contributed by atoms with E-state index in [-0.39, 0.29) is 11.9 Å². The van der Waals surface area contributed by atoms with Crippen LogP contribution in [-0.4, -0.2) is 25.2 Å². The molecule has 0 saturated heterocycles. The van der Waals surface area contributed by atoms with Crippen LogP contribution in [0.15, 0.2) is 0 Å². The van der Waals surface area contributed by atoms with Gasteiger partial charge in [-0.05, 0) is 37.5 Å². The summed E-state index contributed by atoms with van der Waals surface area (Å²) >= 11 is 0. The molecule has 0 atom stereocenters. The summed E-state index contributed by atoms with van der Waals surface area (Å²) in [6.45, 7) is 9.98. The molecule has 0 spiro atoms. The minimum Gasteiger partial charge on any atom is -0.466 e. The van der Waals surface area contributed by atoms with Gasteiger partial charge in [0.15, 0.2) is 0 Å². The molecule has 0 N–H and O–H groups in total. The Hall–Kier alpha value is -1.06. The van der Waals surface area contributed by atoms with Gasteiger partial charge in [0.1, 0.15) is 0 Å². The molecule has 4 heteroatoms. The average Bonchev–Trinajstić information content (AvgIpc) is 2.79. The van der Waals surface area contributed by atoms with E-state index in [4.69, 9.17) is 9.47 Å². The van der Waals surface area contributed by atoms with Gasteiger partial charge in [-0.1, -0.05) is 105 Å². The summed E-state index contributed by atoms with van der Waals surface area (Å²) in [6, 6.07) is 0. The summed E-state index contributed by atoms with van der Waals surface area (Å²) in [5.41, 5.74) is 0. The highest BCUT2D eigenvalue weighted by Gasteiger charge is 2.12. The smallest absolute Gasteiger partial charge is 0.305 e. The molecule has 0 heterocycles. The van der Waals surface area contributed by atoms with Crippen molar-refractivity contribution in [3.05, 3.63) is 0 Å². The second kappa shape index (κ2) is 23.1. The van der Waals surface area contributed by atoms with Crippen molar-refractivity contribution in [2.45, 2.75) is 143 Å². The Morgan fingerprint density at radius 1 is 0.500 bits per heavy atom. The lowest BCUT2D eigenvalue weighted by atomic mass is 9.93. The normalized spacial score (nSPS) is 11.3. The molecular weight excluding hydrogens is 400 g/mol. The van der Waals surface area contributed by atoms with Crippen LogP contribution in [0, 0.1) is 11.8 Å². The highest BCUT2D eigenvalue weighted by Crippen LogP contribution is 2.21. The van der Waals surface area contributed by atoms with Crippen molar-refractivity contribution < 1.29 is 19.1 Å². The number of ether oxygens (including phenoxy) is 2. The molecule has 0 amide bonds. The first-order chi connectivity index (χ1) is 15.6. The fourth-order valence-electron chi connectivity index (χ4n) is 4.20. The van der Waals surface area contributed by atoms with Crippen LogP contribution in [0.3, 0.4) is 0 Å². The number of esters is 2. The Kier molecular flexibility index (Phi) is 22.3. The van der Waals surface area contributed by atoms with Crippen molar-refractivity contribution in [3.8, 4) is 0 Å². The molecular formula is C28H54O4. The van der Waals surface area contributed by atoms with Gasteiger partial charge in [0, 0.05) is 12.8 Å². The van der Waals surface area contributed by atoms with Crippen LogP contribution in [0.2, 0.25) is 0 Å². The second-order valence-electron chi connectivity index (χ2n) is 9.53. The van der Waals surface area contributed by atoms with Gasteiger partial charge in [-0.2, -0.15) is 0 Å². The zero-order valence-corrected chi connectivity index (χ0v) is 21.9. The predicted molar refractivity (Wildman–Crippen MR) is 135 cm³/mol. The minimum absolute atomic E-state index is 0.127. The predicted octanol–water partition coefficient (Wildman–Crippen LogP) is 8.41. The van der Waals surface area contributed by atoms with Crippen molar-refractivity contribution in [2.24, 2.45) is 11.8 Å². The zero-order chi connectivity index (χ0) is 23.9. The van der Waals surface area contributed by atoms with Crippen LogP contribution < -0.4 is 0 Å². The lowest BCUT2D eigenvalue weighted by Crippen LogP contribution is -2.12. The Bertz CT molecular complexity index is 379. The quantitative estimate of drug-likeness (QED) is 0.115. The van der Waals surface area contributed by atoms with Crippen molar-refractivity contribution in [1.29, 1.82) is 0 Å². The fourth-order valence-corrected chi connectivity index (χ4v) is 4.20. The summed E-state index contributed by atoms with van der Waals surface area (Å²) in [5.74, 6) is 1.11. The molecule has 0 aromatic rings. The first kappa shape index (κ1) is 30.9. The van der Waals surface area contributed by atoms with Gasteiger partial charge in [0.05, 0.1) is 13.2 Å². The highest BCUT2D eigenvalue weighted by atomic mass is 16.5. The summed E-state index contributed by atoms with van der Waals surface area (Å²) in [4.78, 5) is 24.0. The lowest BCUT2D eigenvalue weighted by molar-refractivity contribution is -0.146. The maximum Gasteiger partial charge on any atom is 0.305 e. The van der Waals surface area contributed by atoms with E-state index in [0.717, 1.165) is 12.8 Å². The molecule has 190 valence electrons. The van der Waals surface area contributed by atoms with E-state index in [1.54, 1.807) is 0 Å². The molecule has 0 bridgehead atoms. The Morgan fingerprint density at radius 2 is 0.812 bits per heavy atom. The molecule has 0 aromatic heterocycles. The highest BCUT2D eigenvalue weighted by molar-refractivity contribution is 5.70. The Morgan fingerprint density at radius 3 is 1.09 bits per heavy atom. The summed E-state index contributed by atoms with van der Waals surface area (Å²) < 4.78 is 10.9. The Labute approximate surface area is 199 Å². The van der Waals surface area contributed by atoms with Gasteiger partial charge in [-0.3, -0.25) is 9.59 Å². The Balaban J connectivity index is 3.84. The molecule has 0 saturated carbocycles. The summed E-state index contributed by atoms with van der Waals surface area (Å²) in [7, 11) is 0. The standard InChI is InChI=1S/C28H54O4/c1-5-9-15-25(16-10-6-2)21-23-31-27(29)19-13-14-20-28(30)32-24-22-26(17-11-7-3)18-12-8-4/h25-26H,5-24H2,1-4H3. The summed E-state index contributed by atoms with van der Waals surface area (Å²) in [5, 5.41) is 0. The molecule has 0 rings (SSSR count). The van der Waals surface area contributed by atoms with Gasteiger partial charge in [-0.15, -0.1) is 0 Å². The number of hydrogen-bond acceptors (Lipinski definition) is 4. The second-order valence-corrected chi connectivity index (χ2v) is 9.53. The molecule has 32 heavy (non-hydrogen) atoms. The van der Waals surface area contributed by atoms with Gasteiger partial charge < -0.3 is 9.47 Å². The maximum absolute atomic E-state index is 12.0. The molecule has 0 fully saturated rings. The molecule has 0 aliphatic rings. The van der Waals surface area contributed by atoms with Gasteiger partial charge in [0.25, 0.3) is 0 Å². The van der Waals surface area contributed by atoms with E-state index in [1.807, 2.05) is 0 Å². The van der Waals surface area contributed by atoms with Crippen LogP contribution in [0.4, 0.5) is 0 Å². The molecule has 0 aromatic carbocycles. The van der Waals surface area contributed by atoms with E-state index in [0.29, 0.717) is 50.7 Å². The number of rotatable bonds is 23. The monoisotopic (exact) mass is 454 g/mol.